The Bertz CT molecular complexity index is 521. The Morgan fingerprint density at radius 2 is 2.18 bits per heavy atom. The number of aromatic nitrogens is 4. The number of rotatable bonds is 3. The molecule has 0 aliphatic rings. The molecule has 17 heavy (non-hydrogen) atoms. The zero-order chi connectivity index (χ0) is 12.3. The molecule has 2 aromatic rings. The van der Waals surface area contributed by atoms with Crippen LogP contribution in [-0.2, 0) is 11.2 Å². The van der Waals surface area contributed by atoms with Gasteiger partial charge >= 0.3 is 0 Å². The molecule has 0 aliphatic carbocycles. The maximum atomic E-state index is 11.6. The molecule has 2 rings (SSSR count). The first-order valence-electron chi connectivity index (χ1n) is 5.24. The van der Waals surface area contributed by atoms with Crippen molar-refractivity contribution in [3.8, 4) is 0 Å². The van der Waals surface area contributed by atoms with Crippen LogP contribution < -0.4 is 5.32 Å². The minimum atomic E-state index is -0.158. The molecule has 1 heterocycles. The molecule has 0 fully saturated rings. The number of anilines is 1. The van der Waals surface area contributed by atoms with Crippen molar-refractivity contribution in [3.63, 3.8) is 0 Å². The van der Waals surface area contributed by atoms with Crippen molar-refractivity contribution in [2.45, 2.75) is 20.3 Å². The van der Waals surface area contributed by atoms with Gasteiger partial charge in [0, 0.05) is 5.69 Å². The number of hydrogen-bond acceptors (Lipinski definition) is 4. The second-order valence-corrected chi connectivity index (χ2v) is 3.85. The van der Waals surface area contributed by atoms with Crippen molar-refractivity contribution in [2.75, 3.05) is 5.32 Å². The van der Waals surface area contributed by atoms with Crippen LogP contribution in [-0.4, -0.2) is 26.5 Å². The average Bonchev–Trinajstić information content (AvgIpc) is 2.76. The fourth-order valence-corrected chi connectivity index (χ4v) is 1.43. The Kier molecular flexibility index (Phi) is 3.13. The van der Waals surface area contributed by atoms with Crippen molar-refractivity contribution in [1.82, 2.24) is 20.6 Å². The summed E-state index contributed by atoms with van der Waals surface area (Å²) < 4.78 is 0. The van der Waals surface area contributed by atoms with Crippen molar-refractivity contribution >= 4 is 11.6 Å². The zero-order valence-electron chi connectivity index (χ0n) is 9.69. The second-order valence-electron chi connectivity index (χ2n) is 3.85. The molecule has 1 aromatic heterocycles. The average molecular weight is 231 g/mol. The van der Waals surface area contributed by atoms with E-state index in [1.165, 1.54) is 5.56 Å². The number of carbonyl (C=O) groups is 1. The molecule has 0 bridgehead atoms. The molecule has 6 nitrogen and oxygen atoms in total. The Morgan fingerprint density at radius 1 is 1.35 bits per heavy atom. The quantitative estimate of drug-likeness (QED) is 0.825. The molecule has 88 valence electrons. The van der Waals surface area contributed by atoms with E-state index in [-0.39, 0.29) is 12.3 Å². The maximum Gasteiger partial charge on any atom is 0.232 e. The lowest BCUT2D eigenvalue weighted by molar-refractivity contribution is -0.115. The molecule has 0 saturated carbocycles. The molecule has 0 atom stereocenters. The van der Waals surface area contributed by atoms with E-state index in [2.05, 4.69) is 25.9 Å². The standard InChI is InChI=1S/C11H13N5O/c1-7-3-4-9(5-8(7)2)12-11(17)6-10-13-15-16-14-10/h3-5H,6H2,1-2H3,(H,12,17)(H,13,14,15,16). The van der Waals surface area contributed by atoms with Crippen LogP contribution in [0.5, 0.6) is 0 Å². The van der Waals surface area contributed by atoms with E-state index in [0.29, 0.717) is 5.82 Å². The highest BCUT2D eigenvalue weighted by atomic mass is 16.1. The third-order valence-electron chi connectivity index (χ3n) is 2.50. The summed E-state index contributed by atoms with van der Waals surface area (Å²) in [5.41, 5.74) is 3.12. The van der Waals surface area contributed by atoms with Crippen molar-refractivity contribution in [3.05, 3.63) is 35.2 Å². The van der Waals surface area contributed by atoms with Crippen LogP contribution in [0.1, 0.15) is 17.0 Å². The summed E-state index contributed by atoms with van der Waals surface area (Å²) in [6.45, 7) is 4.03. The number of amides is 1. The van der Waals surface area contributed by atoms with E-state index in [9.17, 15) is 4.79 Å². The van der Waals surface area contributed by atoms with Gasteiger partial charge in [-0.15, -0.1) is 10.2 Å². The molecule has 0 aliphatic heterocycles. The van der Waals surface area contributed by atoms with Gasteiger partial charge in [-0.1, -0.05) is 11.3 Å². The number of nitrogens with zero attached hydrogens (tertiary/aromatic N) is 3. The third kappa shape index (κ3) is 2.87. The SMILES string of the molecule is Cc1ccc(NC(=O)Cc2nn[nH]n2)cc1C. The van der Waals surface area contributed by atoms with Crippen LogP contribution in [0, 0.1) is 13.8 Å². The minimum Gasteiger partial charge on any atom is -0.326 e. The molecule has 2 N–H and O–H groups in total. The summed E-state index contributed by atoms with van der Waals surface area (Å²) in [4.78, 5) is 11.6. The Hall–Kier alpha value is -2.24. The summed E-state index contributed by atoms with van der Waals surface area (Å²) in [7, 11) is 0. The maximum absolute atomic E-state index is 11.6. The summed E-state index contributed by atoms with van der Waals surface area (Å²) >= 11 is 0. The molecule has 1 amide bonds. The lowest BCUT2D eigenvalue weighted by atomic mass is 10.1. The van der Waals surface area contributed by atoms with Crippen LogP contribution in [0.15, 0.2) is 18.2 Å². The predicted octanol–water partition coefficient (Wildman–Crippen LogP) is 0.998. The molecular weight excluding hydrogens is 218 g/mol. The number of benzene rings is 1. The van der Waals surface area contributed by atoms with Gasteiger partial charge in [0.05, 0.1) is 6.42 Å². The summed E-state index contributed by atoms with van der Waals surface area (Å²) in [6.07, 6.45) is 0.115. The summed E-state index contributed by atoms with van der Waals surface area (Å²) in [5, 5.41) is 15.9. The summed E-state index contributed by atoms with van der Waals surface area (Å²) in [5.74, 6) is 0.223. The van der Waals surface area contributed by atoms with Gasteiger partial charge in [0.15, 0.2) is 5.82 Å². The van der Waals surface area contributed by atoms with Gasteiger partial charge in [0.2, 0.25) is 5.91 Å². The number of hydrogen-bond donors (Lipinski definition) is 2. The fraction of sp³-hybridized carbons (Fsp3) is 0.273. The van der Waals surface area contributed by atoms with Gasteiger partial charge in [-0.25, -0.2) is 0 Å². The molecular formula is C11H13N5O. The van der Waals surface area contributed by atoms with Gasteiger partial charge in [0.1, 0.15) is 0 Å². The van der Waals surface area contributed by atoms with Crippen LogP contribution in [0.4, 0.5) is 5.69 Å². The topological polar surface area (TPSA) is 83.6 Å². The Morgan fingerprint density at radius 3 is 2.82 bits per heavy atom. The van der Waals surface area contributed by atoms with Crippen molar-refractivity contribution in [1.29, 1.82) is 0 Å². The van der Waals surface area contributed by atoms with Crippen LogP contribution in [0.3, 0.4) is 0 Å². The van der Waals surface area contributed by atoms with Gasteiger partial charge in [-0.05, 0) is 37.1 Å². The molecule has 0 spiro atoms. The Balaban J connectivity index is 2.00. The second kappa shape index (κ2) is 4.73. The first kappa shape index (κ1) is 11.3. The molecule has 0 unspecified atom stereocenters. The molecule has 0 saturated heterocycles. The number of carbonyl (C=O) groups excluding carboxylic acids is 1. The lowest BCUT2D eigenvalue weighted by Gasteiger charge is -2.06. The number of aromatic amines is 1. The van der Waals surface area contributed by atoms with Gasteiger partial charge in [-0.3, -0.25) is 4.79 Å². The number of nitrogens with one attached hydrogen (secondary N) is 2. The summed E-state index contributed by atoms with van der Waals surface area (Å²) in [6, 6.07) is 5.78. The monoisotopic (exact) mass is 231 g/mol. The molecule has 0 radical (unpaired) electrons. The first-order chi connectivity index (χ1) is 8.15. The van der Waals surface area contributed by atoms with E-state index in [1.807, 2.05) is 32.0 Å². The van der Waals surface area contributed by atoms with Gasteiger partial charge in [-0.2, -0.15) is 5.21 Å². The van der Waals surface area contributed by atoms with Crippen LogP contribution in [0.25, 0.3) is 0 Å². The van der Waals surface area contributed by atoms with Gasteiger partial charge < -0.3 is 5.32 Å². The number of H-pyrrole nitrogens is 1. The Labute approximate surface area is 98.4 Å². The van der Waals surface area contributed by atoms with E-state index in [1.54, 1.807) is 0 Å². The lowest BCUT2D eigenvalue weighted by Crippen LogP contribution is -2.15. The van der Waals surface area contributed by atoms with Crippen LogP contribution in [0.2, 0.25) is 0 Å². The minimum absolute atomic E-state index is 0.115. The smallest absolute Gasteiger partial charge is 0.232 e. The number of tetrazole rings is 1. The highest BCUT2D eigenvalue weighted by Gasteiger charge is 2.07. The molecule has 1 aromatic carbocycles. The first-order valence-corrected chi connectivity index (χ1v) is 5.24. The highest BCUT2D eigenvalue weighted by Crippen LogP contribution is 2.14. The predicted molar refractivity (Wildman–Crippen MR) is 62.4 cm³/mol. The largest absolute Gasteiger partial charge is 0.326 e. The van der Waals surface area contributed by atoms with Crippen molar-refractivity contribution < 1.29 is 4.79 Å². The highest BCUT2D eigenvalue weighted by molar-refractivity contribution is 5.91. The van der Waals surface area contributed by atoms with E-state index >= 15 is 0 Å². The van der Waals surface area contributed by atoms with E-state index in [4.69, 9.17) is 0 Å². The molecule has 6 heteroatoms. The van der Waals surface area contributed by atoms with Gasteiger partial charge in [0.25, 0.3) is 0 Å². The third-order valence-corrected chi connectivity index (χ3v) is 2.50. The van der Waals surface area contributed by atoms with E-state index < -0.39 is 0 Å². The van der Waals surface area contributed by atoms with E-state index in [0.717, 1.165) is 11.3 Å². The zero-order valence-corrected chi connectivity index (χ0v) is 9.69. The fourth-order valence-electron chi connectivity index (χ4n) is 1.43. The number of aryl methyl sites for hydroxylation is 2. The van der Waals surface area contributed by atoms with Crippen LogP contribution >= 0.6 is 0 Å². The normalized spacial score (nSPS) is 10.2. The van der Waals surface area contributed by atoms with Crippen molar-refractivity contribution in [2.24, 2.45) is 0 Å².